The van der Waals surface area contributed by atoms with Crippen molar-refractivity contribution < 1.29 is 18.0 Å². The van der Waals surface area contributed by atoms with Crippen LogP contribution in [0.15, 0.2) is 24.3 Å². The molecular weight excluding hydrogens is 305 g/mol. The lowest BCUT2D eigenvalue weighted by molar-refractivity contribution is -0.138. The Kier molecular flexibility index (Phi) is 5.68. The molecule has 0 aromatic heterocycles. The number of nitrogens with zero attached hydrogens (tertiary/aromatic N) is 1. The molecule has 128 valence electrons. The third kappa shape index (κ3) is 4.70. The van der Waals surface area contributed by atoms with Gasteiger partial charge in [0.25, 0.3) is 0 Å². The standard InChI is InChI=1S/C17H23F3N2O/c1-12(16(23)22-9-3-4-15(11-22)21-2)10-13-5-7-14(8-6-13)17(18,19)20/h5-8,12,15,21H,3-4,9-11H2,1-2H3. The van der Waals surface area contributed by atoms with Crippen LogP contribution in [0, 0.1) is 5.92 Å². The van der Waals surface area contributed by atoms with Crippen molar-refractivity contribution in [1.82, 2.24) is 10.2 Å². The fourth-order valence-corrected chi connectivity index (χ4v) is 3.00. The Morgan fingerprint density at radius 1 is 1.35 bits per heavy atom. The zero-order valence-corrected chi connectivity index (χ0v) is 13.5. The lowest BCUT2D eigenvalue weighted by Crippen LogP contribution is -2.48. The van der Waals surface area contributed by atoms with Gasteiger partial charge in [-0.15, -0.1) is 0 Å². The Bertz CT molecular complexity index is 528. The number of carbonyl (C=O) groups excluding carboxylic acids is 1. The van der Waals surface area contributed by atoms with Crippen LogP contribution in [-0.4, -0.2) is 37.0 Å². The Morgan fingerprint density at radius 3 is 2.57 bits per heavy atom. The first kappa shape index (κ1) is 17.8. The number of carbonyl (C=O) groups is 1. The second-order valence-electron chi connectivity index (χ2n) is 6.21. The fourth-order valence-electron chi connectivity index (χ4n) is 3.00. The summed E-state index contributed by atoms with van der Waals surface area (Å²) in [6.45, 7) is 3.30. The quantitative estimate of drug-likeness (QED) is 0.921. The summed E-state index contributed by atoms with van der Waals surface area (Å²) in [7, 11) is 1.89. The van der Waals surface area contributed by atoms with Gasteiger partial charge in [0.1, 0.15) is 0 Å². The fraction of sp³-hybridized carbons (Fsp3) is 0.588. The van der Waals surface area contributed by atoms with Crippen LogP contribution in [0.3, 0.4) is 0 Å². The topological polar surface area (TPSA) is 32.3 Å². The van der Waals surface area contributed by atoms with Gasteiger partial charge < -0.3 is 10.2 Å². The Balaban J connectivity index is 1.95. The lowest BCUT2D eigenvalue weighted by Gasteiger charge is -2.34. The van der Waals surface area contributed by atoms with Crippen LogP contribution in [0.1, 0.15) is 30.9 Å². The second kappa shape index (κ2) is 7.34. The number of likely N-dealkylation sites (tertiary alicyclic amines) is 1. The molecule has 0 radical (unpaired) electrons. The normalized spacial score (nSPS) is 20.4. The third-order valence-electron chi connectivity index (χ3n) is 4.39. The maximum absolute atomic E-state index is 12.6. The molecule has 3 nitrogen and oxygen atoms in total. The highest BCUT2D eigenvalue weighted by molar-refractivity contribution is 5.79. The number of nitrogens with one attached hydrogen (secondary N) is 1. The highest BCUT2D eigenvalue weighted by Crippen LogP contribution is 2.29. The van der Waals surface area contributed by atoms with Gasteiger partial charge in [-0.1, -0.05) is 19.1 Å². The Morgan fingerprint density at radius 2 is 2.00 bits per heavy atom. The molecule has 0 spiro atoms. The van der Waals surface area contributed by atoms with Crippen molar-refractivity contribution in [2.75, 3.05) is 20.1 Å². The van der Waals surface area contributed by atoms with Crippen LogP contribution in [-0.2, 0) is 17.4 Å². The highest BCUT2D eigenvalue weighted by Gasteiger charge is 2.30. The van der Waals surface area contributed by atoms with Crippen molar-refractivity contribution in [3.8, 4) is 0 Å². The minimum Gasteiger partial charge on any atom is -0.341 e. The van der Waals surface area contributed by atoms with Crippen LogP contribution in [0.5, 0.6) is 0 Å². The van der Waals surface area contributed by atoms with Crippen molar-refractivity contribution in [3.05, 3.63) is 35.4 Å². The first-order chi connectivity index (χ1) is 10.8. The lowest BCUT2D eigenvalue weighted by atomic mass is 9.97. The number of halogens is 3. The molecule has 1 saturated heterocycles. The Labute approximate surface area is 134 Å². The summed E-state index contributed by atoms with van der Waals surface area (Å²) in [6, 6.07) is 5.39. The van der Waals surface area contributed by atoms with Gasteiger partial charge in [-0.05, 0) is 44.0 Å². The molecule has 6 heteroatoms. The number of benzene rings is 1. The smallest absolute Gasteiger partial charge is 0.341 e. The maximum atomic E-state index is 12.6. The number of rotatable bonds is 4. The summed E-state index contributed by atoms with van der Waals surface area (Å²) in [5.41, 5.74) is 0.0918. The molecule has 1 aliphatic heterocycles. The molecule has 1 fully saturated rings. The van der Waals surface area contributed by atoms with Crippen molar-refractivity contribution in [2.24, 2.45) is 5.92 Å². The summed E-state index contributed by atoms with van der Waals surface area (Å²) in [5, 5.41) is 3.20. The van der Waals surface area contributed by atoms with Gasteiger partial charge in [-0.25, -0.2) is 0 Å². The maximum Gasteiger partial charge on any atom is 0.416 e. The number of likely N-dealkylation sites (N-methyl/N-ethyl adjacent to an activating group) is 1. The highest BCUT2D eigenvalue weighted by atomic mass is 19.4. The van der Waals surface area contributed by atoms with Crippen LogP contribution < -0.4 is 5.32 Å². The first-order valence-electron chi connectivity index (χ1n) is 7.93. The molecule has 0 saturated carbocycles. The van der Waals surface area contributed by atoms with Gasteiger partial charge in [0.15, 0.2) is 0 Å². The van der Waals surface area contributed by atoms with E-state index in [1.807, 2.05) is 18.9 Å². The zero-order valence-electron chi connectivity index (χ0n) is 13.5. The second-order valence-corrected chi connectivity index (χ2v) is 6.21. The van der Waals surface area contributed by atoms with E-state index < -0.39 is 11.7 Å². The Hall–Kier alpha value is -1.56. The van der Waals surface area contributed by atoms with E-state index in [9.17, 15) is 18.0 Å². The van der Waals surface area contributed by atoms with Gasteiger partial charge in [0.05, 0.1) is 5.56 Å². The van der Waals surface area contributed by atoms with E-state index >= 15 is 0 Å². The summed E-state index contributed by atoms with van der Waals surface area (Å²) in [4.78, 5) is 14.4. The summed E-state index contributed by atoms with van der Waals surface area (Å²) in [6.07, 6.45) is -1.83. The molecule has 0 aliphatic carbocycles. The molecule has 1 heterocycles. The van der Waals surface area contributed by atoms with E-state index in [-0.39, 0.29) is 11.8 Å². The molecule has 0 bridgehead atoms. The SMILES string of the molecule is CNC1CCCN(C(=O)C(C)Cc2ccc(C(F)(F)F)cc2)C1. The van der Waals surface area contributed by atoms with Crippen LogP contribution >= 0.6 is 0 Å². The van der Waals surface area contributed by atoms with Gasteiger partial charge in [0.2, 0.25) is 5.91 Å². The van der Waals surface area contributed by atoms with Crippen LogP contribution in [0.25, 0.3) is 0 Å². The van der Waals surface area contributed by atoms with E-state index in [2.05, 4.69) is 5.32 Å². The summed E-state index contributed by atoms with van der Waals surface area (Å²) in [5.74, 6) is -0.160. The molecule has 1 aromatic rings. The van der Waals surface area contributed by atoms with Crippen LogP contribution in [0.4, 0.5) is 13.2 Å². The number of alkyl halides is 3. The average molecular weight is 328 g/mol. The van der Waals surface area contributed by atoms with E-state index in [0.29, 0.717) is 19.0 Å². The predicted molar refractivity (Wildman–Crippen MR) is 83.0 cm³/mol. The predicted octanol–water partition coefficient (Wildman–Crippen LogP) is 3.09. The van der Waals surface area contributed by atoms with E-state index in [4.69, 9.17) is 0 Å². The van der Waals surface area contributed by atoms with Gasteiger partial charge in [-0.3, -0.25) is 4.79 Å². The molecule has 1 N–H and O–H groups in total. The molecule has 2 atom stereocenters. The van der Waals surface area contributed by atoms with E-state index in [0.717, 1.165) is 37.1 Å². The van der Waals surface area contributed by atoms with Gasteiger partial charge >= 0.3 is 6.18 Å². The molecule has 1 aromatic carbocycles. The number of amides is 1. The van der Waals surface area contributed by atoms with Crippen molar-refractivity contribution in [3.63, 3.8) is 0 Å². The minimum absolute atomic E-state index is 0.0739. The summed E-state index contributed by atoms with van der Waals surface area (Å²) >= 11 is 0. The van der Waals surface area contributed by atoms with E-state index in [1.54, 1.807) is 0 Å². The number of piperidine rings is 1. The molecular formula is C17H23F3N2O. The van der Waals surface area contributed by atoms with Crippen molar-refractivity contribution >= 4 is 5.91 Å². The van der Waals surface area contributed by atoms with Crippen molar-refractivity contribution in [1.29, 1.82) is 0 Å². The molecule has 1 amide bonds. The monoisotopic (exact) mass is 328 g/mol. The van der Waals surface area contributed by atoms with Crippen molar-refractivity contribution in [2.45, 2.75) is 38.4 Å². The minimum atomic E-state index is -4.32. The van der Waals surface area contributed by atoms with Gasteiger partial charge in [0, 0.05) is 25.0 Å². The largest absolute Gasteiger partial charge is 0.416 e. The molecule has 1 aliphatic rings. The molecule has 2 rings (SSSR count). The van der Waals surface area contributed by atoms with Crippen LogP contribution in [0.2, 0.25) is 0 Å². The third-order valence-corrected chi connectivity index (χ3v) is 4.39. The van der Waals surface area contributed by atoms with Gasteiger partial charge in [-0.2, -0.15) is 13.2 Å². The first-order valence-corrected chi connectivity index (χ1v) is 7.93. The van der Waals surface area contributed by atoms with E-state index in [1.165, 1.54) is 12.1 Å². The zero-order chi connectivity index (χ0) is 17.0. The number of hydrogen-bond donors (Lipinski definition) is 1. The molecule has 2 unspecified atom stereocenters. The average Bonchev–Trinajstić information content (AvgIpc) is 2.53. The molecule has 23 heavy (non-hydrogen) atoms. The number of hydrogen-bond acceptors (Lipinski definition) is 2. The summed E-state index contributed by atoms with van der Waals surface area (Å²) < 4.78 is 37.7.